The number of carbonyl (C=O) groups is 3. The number of aromatic nitrogens is 2. The number of esters is 1. The summed E-state index contributed by atoms with van der Waals surface area (Å²) < 4.78 is 122. The molecular formula is C36H35F8N5O6S. The van der Waals surface area contributed by atoms with Crippen LogP contribution in [-0.4, -0.2) is 74.9 Å². The van der Waals surface area contributed by atoms with Crippen LogP contribution in [0, 0.1) is 17.6 Å². The number of rotatable bonds is 12. The topological polar surface area (TPSA) is 134 Å². The molecule has 56 heavy (non-hydrogen) atoms. The summed E-state index contributed by atoms with van der Waals surface area (Å²) in [6, 6.07) is 4.43. The van der Waals surface area contributed by atoms with Crippen LogP contribution in [0.15, 0.2) is 54.1 Å². The van der Waals surface area contributed by atoms with Crippen molar-refractivity contribution in [1.82, 2.24) is 20.0 Å². The number of hydrogen-bond acceptors (Lipinski definition) is 10. The number of carbonyl (C=O) groups excluding carboxylic acids is 3. The molecule has 2 aromatic carbocycles. The second-order valence-electron chi connectivity index (χ2n) is 13.1. The van der Waals surface area contributed by atoms with Gasteiger partial charge in [-0.25, -0.2) is 19.4 Å². The number of nitrogens with one attached hydrogen (secondary N) is 1. The fourth-order valence-corrected chi connectivity index (χ4v) is 7.03. The number of thiol groups is 1. The van der Waals surface area contributed by atoms with Crippen LogP contribution in [0.3, 0.4) is 0 Å². The summed E-state index contributed by atoms with van der Waals surface area (Å²) in [5.74, 6) is -7.23. The molecule has 1 aliphatic carbocycles. The summed E-state index contributed by atoms with van der Waals surface area (Å²) >= 11 is 4.11. The molecule has 11 nitrogen and oxygen atoms in total. The van der Waals surface area contributed by atoms with Gasteiger partial charge in [-0.1, -0.05) is 18.9 Å². The van der Waals surface area contributed by atoms with Crippen molar-refractivity contribution in [3.8, 4) is 17.0 Å². The van der Waals surface area contributed by atoms with Gasteiger partial charge in [0.25, 0.3) is 11.8 Å². The average Bonchev–Trinajstić information content (AvgIpc) is 3.66. The third-order valence-corrected chi connectivity index (χ3v) is 10.2. The first-order chi connectivity index (χ1) is 26.3. The van der Waals surface area contributed by atoms with Crippen LogP contribution in [0.2, 0.25) is 0 Å². The Bertz CT molecular complexity index is 2020. The maximum Gasteiger partial charge on any atom is 0.433 e. The Kier molecular flexibility index (Phi) is 12.5. The highest BCUT2D eigenvalue weighted by Crippen LogP contribution is 2.45. The van der Waals surface area contributed by atoms with Gasteiger partial charge in [-0.05, 0) is 56.0 Å². The third-order valence-electron chi connectivity index (χ3n) is 9.75. The largest absolute Gasteiger partial charge is 0.509 e. The molecule has 1 aromatic heterocycles. The molecule has 0 saturated heterocycles. The molecule has 1 aliphatic heterocycles. The van der Waals surface area contributed by atoms with Crippen molar-refractivity contribution < 1.29 is 64.1 Å². The number of benzene rings is 2. The monoisotopic (exact) mass is 817 g/mol. The van der Waals surface area contributed by atoms with E-state index in [1.54, 1.807) is 0 Å². The molecule has 1 atom stereocenters. The highest BCUT2D eigenvalue weighted by Gasteiger charge is 2.53. The van der Waals surface area contributed by atoms with Crippen molar-refractivity contribution >= 4 is 36.1 Å². The van der Waals surface area contributed by atoms with E-state index in [9.17, 15) is 45.8 Å². The second-order valence-corrected chi connectivity index (χ2v) is 13.5. The van der Waals surface area contributed by atoms with Crippen molar-refractivity contribution in [2.45, 2.75) is 63.0 Å². The number of halogens is 8. The number of nitrogens with zero attached hydrogens (tertiary/aromatic N) is 4. The number of amides is 2. The van der Waals surface area contributed by atoms with Gasteiger partial charge in [-0.15, -0.1) is 0 Å². The maximum atomic E-state index is 15.5. The Hall–Kier alpha value is -4.98. The summed E-state index contributed by atoms with van der Waals surface area (Å²) in [5.41, 5.74) is -7.14. The first-order valence-corrected chi connectivity index (χ1v) is 17.7. The summed E-state index contributed by atoms with van der Waals surface area (Å²) in [6.45, 7) is -0.740. The number of anilines is 1. The third kappa shape index (κ3) is 8.54. The average molecular weight is 818 g/mol. The fraction of sp³-hybridized carbons (Fsp3) is 0.417. The Morgan fingerprint density at radius 3 is 2.34 bits per heavy atom. The Labute approximate surface area is 320 Å². The zero-order chi connectivity index (χ0) is 41.2. The van der Waals surface area contributed by atoms with Crippen molar-refractivity contribution in [1.29, 1.82) is 0 Å². The Balaban J connectivity index is 1.44. The van der Waals surface area contributed by atoms with Gasteiger partial charge in [-0.2, -0.15) is 43.4 Å². The first kappa shape index (κ1) is 42.2. The molecule has 1 spiro atoms. The minimum absolute atomic E-state index is 0.0866. The molecule has 0 unspecified atom stereocenters. The van der Waals surface area contributed by atoms with Gasteiger partial charge < -0.3 is 19.9 Å². The lowest BCUT2D eigenvalue weighted by Crippen LogP contribution is -2.62. The van der Waals surface area contributed by atoms with Gasteiger partial charge in [0.2, 0.25) is 5.82 Å². The molecule has 2 N–H and O–H groups in total. The molecular weight excluding hydrogens is 782 g/mol. The number of hydrazine groups is 1. The van der Waals surface area contributed by atoms with E-state index in [1.165, 1.54) is 19.2 Å². The van der Waals surface area contributed by atoms with E-state index in [1.807, 2.05) is 0 Å². The van der Waals surface area contributed by atoms with E-state index >= 15 is 8.78 Å². The SMILES string of the molecule is COC(=O)[C@H](CS)CCCOc1ccc(CN2C(=O)C(C(=O)Nc3ccc(C(F)(F)F)cc3-c3cc(C(F)(F)F)ncn3)=C(O)C3(CCCC3)N2C)c(F)c1F. The zero-order valence-corrected chi connectivity index (χ0v) is 30.6. The van der Waals surface area contributed by atoms with Crippen molar-refractivity contribution in [3.05, 3.63) is 82.5 Å². The molecule has 1 fully saturated rings. The van der Waals surface area contributed by atoms with Crippen LogP contribution in [0.1, 0.15) is 55.3 Å². The van der Waals surface area contributed by atoms with Gasteiger partial charge in [0.05, 0.1) is 48.7 Å². The number of aliphatic hydroxyl groups is 1. The maximum absolute atomic E-state index is 15.5. The molecule has 0 radical (unpaired) electrons. The normalized spacial score (nSPS) is 16.7. The molecule has 302 valence electrons. The zero-order valence-electron chi connectivity index (χ0n) is 29.7. The minimum Gasteiger partial charge on any atom is -0.509 e. The second kappa shape index (κ2) is 16.6. The molecule has 20 heteroatoms. The van der Waals surface area contributed by atoms with Crippen LogP contribution < -0.4 is 10.1 Å². The van der Waals surface area contributed by atoms with Crippen LogP contribution >= 0.6 is 12.6 Å². The van der Waals surface area contributed by atoms with Gasteiger partial charge in [-0.3, -0.25) is 19.4 Å². The van der Waals surface area contributed by atoms with E-state index in [-0.39, 0.29) is 37.2 Å². The molecule has 1 saturated carbocycles. The minimum atomic E-state index is -5.00. The van der Waals surface area contributed by atoms with Gasteiger partial charge in [0, 0.05) is 23.9 Å². The molecule has 2 aliphatic rings. The summed E-state index contributed by atoms with van der Waals surface area (Å²) in [6.07, 6.45) is -7.45. The summed E-state index contributed by atoms with van der Waals surface area (Å²) in [5, 5.41) is 16.0. The Morgan fingerprint density at radius 2 is 1.71 bits per heavy atom. The highest BCUT2D eigenvalue weighted by molar-refractivity contribution is 7.80. The number of likely N-dealkylation sites (N-methyl/N-ethyl adjacent to an activating group) is 1. The quantitative estimate of drug-likeness (QED) is 0.0567. The first-order valence-electron chi connectivity index (χ1n) is 17.0. The van der Waals surface area contributed by atoms with E-state index in [0.717, 1.165) is 23.2 Å². The predicted molar refractivity (Wildman–Crippen MR) is 186 cm³/mol. The lowest BCUT2D eigenvalue weighted by atomic mass is 9.88. The van der Waals surface area contributed by atoms with E-state index in [0.29, 0.717) is 43.8 Å². The van der Waals surface area contributed by atoms with Crippen LogP contribution in [0.5, 0.6) is 5.75 Å². The van der Waals surface area contributed by atoms with Gasteiger partial charge >= 0.3 is 18.3 Å². The lowest BCUT2D eigenvalue weighted by Gasteiger charge is -2.48. The van der Waals surface area contributed by atoms with Crippen molar-refractivity contribution in [3.63, 3.8) is 0 Å². The summed E-state index contributed by atoms with van der Waals surface area (Å²) in [7, 11) is 2.64. The van der Waals surface area contributed by atoms with Gasteiger partial charge in [0.15, 0.2) is 11.6 Å². The standard InChI is InChI=1S/C36H35F8N5O6S/c1-48-34(11-3-4-12-34)30(50)27(31(51)47-23-9-8-21(35(39,40)41)14-22(23)24-15-26(36(42,43)44)46-18-45-24)32(52)49(48)16-19-7-10-25(29(38)28(19)37)55-13-5-6-20(17-56)33(53)54-2/h7-10,14-15,18,20,50,56H,3-6,11-13,16-17H2,1-2H3,(H,47,51)/t20-/m0/s1. The smallest absolute Gasteiger partial charge is 0.433 e. The van der Waals surface area contributed by atoms with E-state index in [2.05, 4.69) is 27.9 Å². The van der Waals surface area contributed by atoms with Gasteiger partial charge in [0.1, 0.15) is 23.4 Å². The van der Waals surface area contributed by atoms with E-state index in [4.69, 9.17) is 9.47 Å². The van der Waals surface area contributed by atoms with Crippen LogP contribution in [0.4, 0.5) is 40.8 Å². The number of hydrogen-bond donors (Lipinski definition) is 3. The molecule has 0 bridgehead atoms. The van der Waals surface area contributed by atoms with Crippen molar-refractivity contribution in [2.75, 3.05) is 31.8 Å². The molecule has 2 amide bonds. The number of ether oxygens (including phenoxy) is 2. The number of alkyl halides is 6. The van der Waals surface area contributed by atoms with Crippen LogP contribution in [0.25, 0.3) is 11.3 Å². The van der Waals surface area contributed by atoms with Crippen LogP contribution in [-0.2, 0) is 38.0 Å². The number of aliphatic hydroxyl groups excluding tert-OH is 1. The lowest BCUT2D eigenvalue weighted by molar-refractivity contribution is -0.163. The molecule has 3 aromatic rings. The highest BCUT2D eigenvalue weighted by atomic mass is 32.1. The fourth-order valence-electron chi connectivity index (χ4n) is 6.70. The number of methoxy groups -OCH3 is 1. The molecule has 5 rings (SSSR count). The Morgan fingerprint density at radius 1 is 1.02 bits per heavy atom. The van der Waals surface area contributed by atoms with E-state index < -0.39 is 105 Å². The van der Waals surface area contributed by atoms with Crippen molar-refractivity contribution in [2.24, 2.45) is 5.92 Å². The predicted octanol–water partition coefficient (Wildman–Crippen LogP) is 7.29. The molecule has 2 heterocycles. The summed E-state index contributed by atoms with van der Waals surface area (Å²) in [4.78, 5) is 46.5.